The highest BCUT2D eigenvalue weighted by molar-refractivity contribution is 5.02. The van der Waals surface area contributed by atoms with Crippen LogP contribution in [0.15, 0.2) is 41.3 Å². The predicted molar refractivity (Wildman–Crippen MR) is 75.1 cm³/mol. The molecule has 0 spiro atoms. The zero-order valence-corrected chi connectivity index (χ0v) is 11.6. The van der Waals surface area contributed by atoms with Crippen LogP contribution in [0, 0.1) is 0 Å². The number of hydrogen-bond donors (Lipinski definition) is 1. The molecule has 0 bridgehead atoms. The Morgan fingerprint density at radius 3 is 3.10 bits per heavy atom. The number of aliphatic hydroxyl groups excluding tert-OH is 1. The molecule has 108 valence electrons. The van der Waals surface area contributed by atoms with E-state index in [0.717, 1.165) is 32.5 Å². The zero-order valence-electron chi connectivity index (χ0n) is 11.6. The lowest BCUT2D eigenvalue weighted by Crippen LogP contribution is -2.33. The molecule has 0 amide bonds. The fourth-order valence-corrected chi connectivity index (χ4v) is 2.97. The van der Waals surface area contributed by atoms with Crippen LogP contribution in [0.25, 0.3) is 0 Å². The normalized spacial score (nSPS) is 21.4. The number of likely N-dealkylation sites (tertiary alicyclic amines) is 1. The van der Waals surface area contributed by atoms with Crippen molar-refractivity contribution in [2.24, 2.45) is 0 Å². The number of furan rings is 1. The molecular weight excluding hydrogens is 254 g/mol. The molecule has 0 radical (unpaired) electrons. The fraction of sp³-hybridized carbons (Fsp3) is 0.533. The van der Waals surface area contributed by atoms with E-state index in [1.165, 1.54) is 6.42 Å². The second-order valence-electron chi connectivity index (χ2n) is 5.37. The number of aromatic nitrogens is 2. The van der Waals surface area contributed by atoms with Crippen LogP contribution < -0.4 is 0 Å². The maximum Gasteiger partial charge on any atom is 0.132 e. The number of hydrogen-bond acceptors (Lipinski definition) is 4. The summed E-state index contributed by atoms with van der Waals surface area (Å²) in [5.41, 5.74) is 0. The molecule has 0 aromatic carbocycles. The second kappa shape index (κ2) is 6.24. The average Bonchev–Trinajstić information content (AvgIpc) is 3.19. The van der Waals surface area contributed by atoms with Gasteiger partial charge in [-0.3, -0.25) is 9.58 Å². The van der Waals surface area contributed by atoms with Crippen LogP contribution in [-0.4, -0.2) is 38.9 Å². The predicted octanol–water partition coefficient (Wildman–Crippen LogP) is 2.06. The third-order valence-electron chi connectivity index (χ3n) is 4.04. The van der Waals surface area contributed by atoms with Gasteiger partial charge in [0, 0.05) is 25.0 Å². The van der Waals surface area contributed by atoms with Crippen LogP contribution in [0.5, 0.6) is 0 Å². The lowest BCUT2D eigenvalue weighted by molar-refractivity contribution is 0.100. The van der Waals surface area contributed by atoms with Crippen molar-refractivity contribution in [1.82, 2.24) is 14.7 Å². The quantitative estimate of drug-likeness (QED) is 0.877. The number of aliphatic hydroxyl groups is 1. The third-order valence-corrected chi connectivity index (χ3v) is 4.04. The Morgan fingerprint density at radius 2 is 2.35 bits per heavy atom. The monoisotopic (exact) mass is 275 g/mol. The van der Waals surface area contributed by atoms with Gasteiger partial charge in [0.05, 0.1) is 12.8 Å². The van der Waals surface area contributed by atoms with Crippen molar-refractivity contribution in [3.05, 3.63) is 42.6 Å². The molecule has 1 saturated heterocycles. The van der Waals surface area contributed by atoms with Gasteiger partial charge in [-0.25, -0.2) is 0 Å². The molecule has 20 heavy (non-hydrogen) atoms. The van der Waals surface area contributed by atoms with E-state index in [2.05, 4.69) is 10.00 Å². The number of rotatable bonds is 6. The van der Waals surface area contributed by atoms with E-state index in [0.29, 0.717) is 11.8 Å². The Bertz CT molecular complexity index is 495. The molecule has 1 aliphatic rings. The summed E-state index contributed by atoms with van der Waals surface area (Å²) in [5, 5.41) is 14.4. The summed E-state index contributed by atoms with van der Waals surface area (Å²) in [6.07, 6.45) is 8.01. The third kappa shape index (κ3) is 3.11. The molecule has 5 nitrogen and oxygen atoms in total. The van der Waals surface area contributed by atoms with Crippen LogP contribution in [0.3, 0.4) is 0 Å². The van der Waals surface area contributed by atoms with Gasteiger partial charge in [0.2, 0.25) is 0 Å². The molecule has 1 fully saturated rings. The van der Waals surface area contributed by atoms with E-state index >= 15 is 0 Å². The summed E-state index contributed by atoms with van der Waals surface area (Å²) in [6, 6.07) is 6.05. The molecule has 1 aliphatic heterocycles. The Balaban J connectivity index is 1.53. The van der Waals surface area contributed by atoms with Crippen molar-refractivity contribution >= 4 is 0 Å². The fourth-order valence-electron chi connectivity index (χ4n) is 2.97. The molecular formula is C15H21N3O2. The zero-order chi connectivity index (χ0) is 13.8. The maximum atomic E-state index is 10.2. The SMILES string of the molecule is OC(CC1CCCN1CCn1cccn1)c1ccco1. The van der Waals surface area contributed by atoms with Crippen molar-refractivity contribution in [2.75, 3.05) is 13.1 Å². The van der Waals surface area contributed by atoms with Gasteiger partial charge in [-0.2, -0.15) is 5.10 Å². The van der Waals surface area contributed by atoms with E-state index in [-0.39, 0.29) is 0 Å². The van der Waals surface area contributed by atoms with Gasteiger partial charge in [0.1, 0.15) is 11.9 Å². The van der Waals surface area contributed by atoms with Crippen molar-refractivity contribution < 1.29 is 9.52 Å². The average molecular weight is 275 g/mol. The first-order valence-electron chi connectivity index (χ1n) is 7.26. The van der Waals surface area contributed by atoms with Crippen molar-refractivity contribution in [3.63, 3.8) is 0 Å². The van der Waals surface area contributed by atoms with Gasteiger partial charge >= 0.3 is 0 Å². The van der Waals surface area contributed by atoms with Gasteiger partial charge in [-0.15, -0.1) is 0 Å². The molecule has 1 N–H and O–H groups in total. The maximum absolute atomic E-state index is 10.2. The Hall–Kier alpha value is -1.59. The minimum absolute atomic E-state index is 0.436. The van der Waals surface area contributed by atoms with E-state index in [1.54, 1.807) is 6.26 Å². The lowest BCUT2D eigenvalue weighted by atomic mass is 10.1. The summed E-state index contributed by atoms with van der Waals surface area (Å²) in [6.45, 7) is 2.99. The largest absolute Gasteiger partial charge is 0.467 e. The van der Waals surface area contributed by atoms with Gasteiger partial charge < -0.3 is 9.52 Å². The molecule has 2 atom stereocenters. The summed E-state index contributed by atoms with van der Waals surface area (Å²) in [5.74, 6) is 0.670. The van der Waals surface area contributed by atoms with Crippen LogP contribution in [0.2, 0.25) is 0 Å². The molecule has 3 heterocycles. The summed E-state index contributed by atoms with van der Waals surface area (Å²) in [4.78, 5) is 2.45. The molecule has 0 aliphatic carbocycles. The van der Waals surface area contributed by atoms with E-state index in [9.17, 15) is 5.11 Å². The van der Waals surface area contributed by atoms with Gasteiger partial charge in [-0.05, 0) is 44.0 Å². The summed E-state index contributed by atoms with van der Waals surface area (Å²) < 4.78 is 7.23. The molecule has 2 aromatic heterocycles. The minimum Gasteiger partial charge on any atom is -0.467 e. The summed E-state index contributed by atoms with van der Waals surface area (Å²) >= 11 is 0. The molecule has 2 aromatic rings. The van der Waals surface area contributed by atoms with Crippen LogP contribution >= 0.6 is 0 Å². The highest BCUT2D eigenvalue weighted by Crippen LogP contribution is 2.27. The van der Waals surface area contributed by atoms with Crippen molar-refractivity contribution in [2.45, 2.75) is 38.0 Å². The Labute approximate surface area is 118 Å². The second-order valence-corrected chi connectivity index (χ2v) is 5.37. The van der Waals surface area contributed by atoms with Gasteiger partial charge in [0.15, 0.2) is 0 Å². The Kier molecular flexibility index (Phi) is 4.18. The highest BCUT2D eigenvalue weighted by Gasteiger charge is 2.27. The smallest absolute Gasteiger partial charge is 0.132 e. The molecule has 5 heteroatoms. The molecule has 2 unspecified atom stereocenters. The molecule has 0 saturated carbocycles. The first-order chi connectivity index (χ1) is 9.83. The number of nitrogens with zero attached hydrogens (tertiary/aromatic N) is 3. The van der Waals surface area contributed by atoms with E-state index < -0.39 is 6.10 Å². The standard InChI is InChI=1S/C15H21N3O2/c19-14(15-5-2-11-20-15)12-13-4-1-7-17(13)9-10-18-8-3-6-16-18/h2-3,5-6,8,11,13-14,19H,1,4,7,9-10,12H2. The van der Waals surface area contributed by atoms with E-state index in [1.807, 2.05) is 35.3 Å². The van der Waals surface area contributed by atoms with E-state index in [4.69, 9.17) is 4.42 Å². The van der Waals surface area contributed by atoms with Crippen LogP contribution in [0.1, 0.15) is 31.1 Å². The Morgan fingerprint density at radius 1 is 1.40 bits per heavy atom. The topological polar surface area (TPSA) is 54.4 Å². The first kappa shape index (κ1) is 13.4. The van der Waals surface area contributed by atoms with Crippen LogP contribution in [-0.2, 0) is 6.54 Å². The van der Waals surface area contributed by atoms with Crippen molar-refractivity contribution in [3.8, 4) is 0 Å². The van der Waals surface area contributed by atoms with Gasteiger partial charge in [-0.1, -0.05) is 0 Å². The molecule has 3 rings (SSSR count). The van der Waals surface area contributed by atoms with Crippen LogP contribution in [0.4, 0.5) is 0 Å². The highest BCUT2D eigenvalue weighted by atomic mass is 16.4. The summed E-state index contributed by atoms with van der Waals surface area (Å²) in [7, 11) is 0. The lowest BCUT2D eigenvalue weighted by Gasteiger charge is -2.25. The van der Waals surface area contributed by atoms with Gasteiger partial charge in [0.25, 0.3) is 0 Å². The first-order valence-corrected chi connectivity index (χ1v) is 7.26. The van der Waals surface area contributed by atoms with Crippen molar-refractivity contribution in [1.29, 1.82) is 0 Å². The minimum atomic E-state index is -0.500.